The normalized spacial score (nSPS) is 11.1. The Bertz CT molecular complexity index is 1390. The maximum atomic E-state index is 13.1. The summed E-state index contributed by atoms with van der Waals surface area (Å²) in [6, 6.07) is 13.0. The standard InChI is InChI=1S/C22H19N5O4S/c1-13(2)11-26-21(29)17-9-4-3-8-16(17)19(25-26)20(28)24-22-23-18(12-32-22)14-6-5-7-15(10-14)27(30)31/h3-10,12-13H,11H2,1-2H3,(H,23,24,28). The van der Waals surface area contributed by atoms with Gasteiger partial charge in [0.2, 0.25) is 0 Å². The number of rotatable bonds is 6. The van der Waals surface area contributed by atoms with Gasteiger partial charge in [0, 0.05) is 35.0 Å². The number of nitrogens with one attached hydrogen (secondary N) is 1. The van der Waals surface area contributed by atoms with Gasteiger partial charge in [-0.1, -0.05) is 44.2 Å². The molecule has 1 amide bonds. The zero-order valence-corrected chi connectivity index (χ0v) is 18.1. The van der Waals surface area contributed by atoms with Crippen LogP contribution in [-0.2, 0) is 6.54 Å². The quantitative estimate of drug-likeness (QED) is 0.345. The summed E-state index contributed by atoms with van der Waals surface area (Å²) in [7, 11) is 0. The van der Waals surface area contributed by atoms with Gasteiger partial charge in [-0.3, -0.25) is 25.0 Å². The molecule has 0 aliphatic rings. The number of amides is 1. The lowest BCUT2D eigenvalue weighted by Crippen LogP contribution is -2.29. The van der Waals surface area contributed by atoms with E-state index in [2.05, 4.69) is 15.4 Å². The van der Waals surface area contributed by atoms with E-state index in [1.54, 1.807) is 41.8 Å². The Morgan fingerprint density at radius 3 is 2.66 bits per heavy atom. The third-order valence-electron chi connectivity index (χ3n) is 4.70. The van der Waals surface area contributed by atoms with Crippen LogP contribution in [0.25, 0.3) is 22.0 Å². The van der Waals surface area contributed by atoms with E-state index in [9.17, 15) is 19.7 Å². The van der Waals surface area contributed by atoms with Crippen molar-refractivity contribution in [1.29, 1.82) is 0 Å². The van der Waals surface area contributed by atoms with Gasteiger partial charge in [-0.25, -0.2) is 9.67 Å². The molecule has 2 heterocycles. The second-order valence-electron chi connectivity index (χ2n) is 7.57. The number of anilines is 1. The highest BCUT2D eigenvalue weighted by atomic mass is 32.1. The number of carbonyl (C=O) groups is 1. The molecule has 1 N–H and O–H groups in total. The fourth-order valence-electron chi connectivity index (χ4n) is 3.27. The van der Waals surface area contributed by atoms with Gasteiger partial charge in [0.25, 0.3) is 17.2 Å². The molecule has 9 nitrogen and oxygen atoms in total. The smallest absolute Gasteiger partial charge is 0.278 e. The average molecular weight is 449 g/mol. The summed E-state index contributed by atoms with van der Waals surface area (Å²) in [4.78, 5) is 40.7. The lowest BCUT2D eigenvalue weighted by molar-refractivity contribution is -0.384. The number of thiazole rings is 1. The Hall–Kier alpha value is -3.92. The van der Waals surface area contributed by atoms with Crippen molar-refractivity contribution in [3.05, 3.63) is 80.1 Å². The first kappa shape index (κ1) is 21.3. The van der Waals surface area contributed by atoms with E-state index >= 15 is 0 Å². The number of nitro benzene ring substituents is 1. The van der Waals surface area contributed by atoms with Gasteiger partial charge < -0.3 is 0 Å². The highest BCUT2D eigenvalue weighted by molar-refractivity contribution is 7.14. The number of fused-ring (bicyclic) bond motifs is 1. The van der Waals surface area contributed by atoms with E-state index in [1.165, 1.54) is 28.2 Å². The van der Waals surface area contributed by atoms with Gasteiger partial charge in [-0.15, -0.1) is 11.3 Å². The van der Waals surface area contributed by atoms with Gasteiger partial charge in [0.05, 0.1) is 16.0 Å². The van der Waals surface area contributed by atoms with E-state index in [0.717, 1.165) is 0 Å². The Labute approximate surface area is 186 Å². The molecule has 0 atom stereocenters. The number of nitrogens with zero attached hydrogens (tertiary/aromatic N) is 4. The summed E-state index contributed by atoms with van der Waals surface area (Å²) in [5.41, 5.74) is 0.937. The fourth-order valence-corrected chi connectivity index (χ4v) is 3.99. The number of benzene rings is 2. The molecular formula is C22H19N5O4S. The van der Waals surface area contributed by atoms with Crippen LogP contribution in [-0.4, -0.2) is 25.6 Å². The second-order valence-corrected chi connectivity index (χ2v) is 8.43. The van der Waals surface area contributed by atoms with Crippen LogP contribution < -0.4 is 10.9 Å². The molecule has 2 aromatic carbocycles. The fraction of sp³-hybridized carbons (Fsp3) is 0.182. The van der Waals surface area contributed by atoms with Gasteiger partial charge in [0.15, 0.2) is 10.8 Å². The Morgan fingerprint density at radius 2 is 1.94 bits per heavy atom. The van der Waals surface area contributed by atoms with Crippen LogP contribution in [0.3, 0.4) is 0 Å². The van der Waals surface area contributed by atoms with Crippen molar-refractivity contribution in [2.24, 2.45) is 5.92 Å². The summed E-state index contributed by atoms with van der Waals surface area (Å²) in [5.74, 6) is -0.313. The van der Waals surface area contributed by atoms with E-state index in [-0.39, 0.29) is 22.9 Å². The third-order valence-corrected chi connectivity index (χ3v) is 5.46. The van der Waals surface area contributed by atoms with Crippen molar-refractivity contribution in [1.82, 2.24) is 14.8 Å². The van der Waals surface area contributed by atoms with E-state index in [1.807, 2.05) is 13.8 Å². The molecule has 2 aromatic heterocycles. The minimum atomic E-state index is -0.487. The van der Waals surface area contributed by atoms with Crippen molar-refractivity contribution >= 4 is 38.8 Å². The molecule has 0 unspecified atom stereocenters. The highest BCUT2D eigenvalue weighted by Gasteiger charge is 2.19. The number of nitro groups is 1. The molecular weight excluding hydrogens is 430 g/mol. The molecule has 0 spiro atoms. The van der Waals surface area contributed by atoms with Crippen LogP contribution in [0.2, 0.25) is 0 Å². The first-order valence-corrected chi connectivity index (χ1v) is 10.7. The number of hydrogen-bond acceptors (Lipinski definition) is 7. The minimum absolute atomic E-state index is 0.0378. The number of aromatic nitrogens is 3. The van der Waals surface area contributed by atoms with Crippen LogP contribution in [0.15, 0.2) is 58.7 Å². The second kappa shape index (κ2) is 8.67. The molecule has 0 fully saturated rings. The van der Waals surface area contributed by atoms with Crippen molar-refractivity contribution in [2.75, 3.05) is 5.32 Å². The van der Waals surface area contributed by atoms with Crippen LogP contribution in [0.5, 0.6) is 0 Å². The summed E-state index contributed by atoms with van der Waals surface area (Å²) >= 11 is 1.20. The van der Waals surface area contributed by atoms with Gasteiger partial charge in [-0.05, 0) is 12.0 Å². The van der Waals surface area contributed by atoms with Crippen LogP contribution in [0, 0.1) is 16.0 Å². The lowest BCUT2D eigenvalue weighted by Gasteiger charge is -2.12. The van der Waals surface area contributed by atoms with Crippen molar-refractivity contribution in [3.63, 3.8) is 0 Å². The van der Waals surface area contributed by atoms with Crippen LogP contribution >= 0.6 is 11.3 Å². The topological polar surface area (TPSA) is 120 Å². The minimum Gasteiger partial charge on any atom is -0.296 e. The average Bonchev–Trinajstić information content (AvgIpc) is 3.24. The molecule has 0 saturated heterocycles. The van der Waals surface area contributed by atoms with E-state index in [0.29, 0.717) is 33.7 Å². The number of carbonyl (C=O) groups excluding carboxylic acids is 1. The van der Waals surface area contributed by atoms with E-state index < -0.39 is 10.8 Å². The molecule has 0 aliphatic carbocycles. The van der Waals surface area contributed by atoms with Gasteiger partial charge in [0.1, 0.15) is 0 Å². The zero-order valence-electron chi connectivity index (χ0n) is 17.3. The molecule has 0 aliphatic heterocycles. The summed E-state index contributed by atoms with van der Waals surface area (Å²) < 4.78 is 1.32. The predicted octanol–water partition coefficient (Wildman–Crippen LogP) is 4.34. The third kappa shape index (κ3) is 4.26. The largest absolute Gasteiger partial charge is 0.296 e. The predicted molar refractivity (Wildman–Crippen MR) is 123 cm³/mol. The molecule has 4 rings (SSSR count). The maximum Gasteiger partial charge on any atom is 0.278 e. The molecule has 0 bridgehead atoms. The SMILES string of the molecule is CC(C)Cn1nc(C(=O)Nc2nc(-c3cccc([N+](=O)[O-])c3)cs2)c2ccccc2c1=O. The first-order chi connectivity index (χ1) is 15.3. The molecule has 162 valence electrons. The van der Waals surface area contributed by atoms with Crippen molar-refractivity contribution < 1.29 is 9.72 Å². The Balaban J connectivity index is 1.67. The molecule has 10 heteroatoms. The maximum absolute atomic E-state index is 13.1. The Morgan fingerprint density at radius 1 is 1.19 bits per heavy atom. The van der Waals surface area contributed by atoms with E-state index in [4.69, 9.17) is 0 Å². The van der Waals surface area contributed by atoms with Crippen molar-refractivity contribution in [2.45, 2.75) is 20.4 Å². The summed E-state index contributed by atoms with van der Waals surface area (Å²) in [5, 5.41) is 21.0. The number of hydrogen-bond donors (Lipinski definition) is 1. The molecule has 0 saturated carbocycles. The molecule has 32 heavy (non-hydrogen) atoms. The summed E-state index contributed by atoms with van der Waals surface area (Å²) in [6.07, 6.45) is 0. The summed E-state index contributed by atoms with van der Waals surface area (Å²) in [6.45, 7) is 4.32. The molecule has 0 radical (unpaired) electrons. The Kier molecular flexibility index (Phi) is 5.78. The van der Waals surface area contributed by atoms with Crippen molar-refractivity contribution in [3.8, 4) is 11.3 Å². The zero-order chi connectivity index (χ0) is 22.8. The lowest BCUT2D eigenvalue weighted by atomic mass is 10.1. The highest BCUT2D eigenvalue weighted by Crippen LogP contribution is 2.28. The molecule has 4 aromatic rings. The van der Waals surface area contributed by atoms with Crippen LogP contribution in [0.4, 0.5) is 10.8 Å². The van der Waals surface area contributed by atoms with Gasteiger partial charge >= 0.3 is 0 Å². The first-order valence-electron chi connectivity index (χ1n) is 9.85. The number of non-ortho nitro benzene ring substituents is 1. The monoisotopic (exact) mass is 449 g/mol. The van der Waals surface area contributed by atoms with Gasteiger partial charge in [-0.2, -0.15) is 5.10 Å². The van der Waals surface area contributed by atoms with Crippen LogP contribution in [0.1, 0.15) is 24.3 Å².